The standard InChI is InChI=1S/C16H15FN6O3/c17-12-7-22(8-14(12)24)16(25)13-9-26-15(21-13)5-10-1-2-11(6-18-10)23-19-3-4-20-23/h1-4,6,9,12,14,24H,5,7-8H2/t12-,14-/m0/s1. The second-order valence-corrected chi connectivity index (χ2v) is 5.92. The molecule has 0 aliphatic carbocycles. The van der Waals surface area contributed by atoms with Crippen LogP contribution in [0.1, 0.15) is 22.1 Å². The van der Waals surface area contributed by atoms with Gasteiger partial charge in [-0.15, -0.1) is 0 Å². The van der Waals surface area contributed by atoms with Crippen molar-refractivity contribution in [1.29, 1.82) is 0 Å². The Morgan fingerprint density at radius 3 is 2.77 bits per heavy atom. The van der Waals surface area contributed by atoms with Crippen LogP contribution in [0.25, 0.3) is 5.69 Å². The van der Waals surface area contributed by atoms with Crippen LogP contribution in [0, 0.1) is 0 Å². The van der Waals surface area contributed by atoms with Crippen LogP contribution in [-0.4, -0.2) is 66.2 Å². The number of hydrogen-bond acceptors (Lipinski definition) is 7. The number of β-amino-alcohol motifs (C(OH)–C–C–N with tert-alkyl or cyclic N) is 1. The fraction of sp³-hybridized carbons (Fsp3) is 0.312. The first-order valence-electron chi connectivity index (χ1n) is 7.97. The van der Waals surface area contributed by atoms with E-state index in [0.717, 1.165) is 5.69 Å². The molecule has 10 heteroatoms. The maximum absolute atomic E-state index is 13.4. The van der Waals surface area contributed by atoms with Gasteiger partial charge in [0.2, 0.25) is 5.89 Å². The third-order valence-corrected chi connectivity index (χ3v) is 4.07. The first-order chi connectivity index (χ1) is 12.6. The van der Waals surface area contributed by atoms with E-state index in [1.165, 1.54) is 16.0 Å². The summed E-state index contributed by atoms with van der Waals surface area (Å²) in [6.07, 6.45) is 3.71. The minimum absolute atomic E-state index is 0.0489. The molecule has 3 aromatic rings. The highest BCUT2D eigenvalue weighted by Crippen LogP contribution is 2.17. The predicted octanol–water partition coefficient (Wildman–Crippen LogP) is 0.396. The minimum Gasteiger partial charge on any atom is -0.448 e. The van der Waals surface area contributed by atoms with Gasteiger partial charge in [-0.1, -0.05) is 0 Å². The van der Waals surface area contributed by atoms with Crippen LogP contribution in [0.5, 0.6) is 0 Å². The Morgan fingerprint density at radius 2 is 2.12 bits per heavy atom. The van der Waals surface area contributed by atoms with Gasteiger partial charge in [-0.25, -0.2) is 9.37 Å². The summed E-state index contributed by atoms with van der Waals surface area (Å²) in [7, 11) is 0. The van der Waals surface area contributed by atoms with E-state index >= 15 is 0 Å². The maximum Gasteiger partial charge on any atom is 0.276 e. The molecule has 0 unspecified atom stereocenters. The summed E-state index contributed by atoms with van der Waals surface area (Å²) in [4.78, 5) is 23.4. The number of pyridine rings is 1. The third-order valence-electron chi connectivity index (χ3n) is 4.07. The van der Waals surface area contributed by atoms with Crippen molar-refractivity contribution in [3.8, 4) is 5.69 Å². The molecule has 1 fully saturated rings. The highest BCUT2D eigenvalue weighted by atomic mass is 19.1. The lowest BCUT2D eigenvalue weighted by Gasteiger charge is -2.12. The van der Waals surface area contributed by atoms with Gasteiger partial charge >= 0.3 is 0 Å². The van der Waals surface area contributed by atoms with Crippen molar-refractivity contribution in [1.82, 2.24) is 29.9 Å². The first-order valence-corrected chi connectivity index (χ1v) is 7.97. The Bertz CT molecular complexity index is 885. The maximum atomic E-state index is 13.4. The molecule has 1 saturated heterocycles. The van der Waals surface area contributed by atoms with Gasteiger partial charge in [0.15, 0.2) is 5.69 Å². The molecule has 0 bridgehead atoms. The second kappa shape index (κ2) is 6.64. The molecule has 1 N–H and O–H groups in total. The zero-order valence-corrected chi connectivity index (χ0v) is 13.6. The van der Waals surface area contributed by atoms with E-state index in [0.29, 0.717) is 18.0 Å². The Balaban J connectivity index is 1.43. The molecule has 4 heterocycles. The number of aromatic nitrogens is 5. The van der Waals surface area contributed by atoms with E-state index in [-0.39, 0.29) is 18.8 Å². The van der Waals surface area contributed by atoms with Gasteiger partial charge in [-0.05, 0) is 12.1 Å². The van der Waals surface area contributed by atoms with Crippen molar-refractivity contribution in [2.45, 2.75) is 18.7 Å². The fourth-order valence-electron chi connectivity index (χ4n) is 2.71. The zero-order chi connectivity index (χ0) is 18.1. The van der Waals surface area contributed by atoms with Crippen LogP contribution in [0.15, 0.2) is 41.4 Å². The van der Waals surface area contributed by atoms with Gasteiger partial charge in [-0.3, -0.25) is 9.78 Å². The van der Waals surface area contributed by atoms with Crippen molar-refractivity contribution in [3.63, 3.8) is 0 Å². The van der Waals surface area contributed by atoms with Gasteiger partial charge in [0.05, 0.1) is 38.1 Å². The van der Waals surface area contributed by atoms with Crippen molar-refractivity contribution in [2.75, 3.05) is 13.1 Å². The molecule has 0 saturated carbocycles. The smallest absolute Gasteiger partial charge is 0.276 e. The van der Waals surface area contributed by atoms with E-state index < -0.39 is 18.2 Å². The molecular weight excluding hydrogens is 343 g/mol. The van der Waals surface area contributed by atoms with Crippen LogP contribution >= 0.6 is 0 Å². The van der Waals surface area contributed by atoms with E-state index in [1.807, 2.05) is 6.07 Å². The molecule has 9 nitrogen and oxygen atoms in total. The number of amides is 1. The summed E-state index contributed by atoms with van der Waals surface area (Å²) in [5, 5.41) is 17.5. The molecule has 0 spiro atoms. The van der Waals surface area contributed by atoms with Gasteiger partial charge in [-0.2, -0.15) is 15.0 Å². The number of carbonyl (C=O) groups is 1. The van der Waals surface area contributed by atoms with E-state index in [4.69, 9.17) is 4.42 Å². The predicted molar refractivity (Wildman–Crippen MR) is 85.3 cm³/mol. The molecule has 0 aromatic carbocycles. The van der Waals surface area contributed by atoms with Gasteiger partial charge in [0.25, 0.3) is 5.91 Å². The molecule has 2 atom stereocenters. The van der Waals surface area contributed by atoms with Gasteiger partial charge < -0.3 is 14.4 Å². The molecule has 1 amide bonds. The number of oxazole rings is 1. The summed E-state index contributed by atoms with van der Waals surface area (Å²) in [5.74, 6) is -0.144. The van der Waals surface area contributed by atoms with Gasteiger partial charge in [0.1, 0.15) is 24.2 Å². The average Bonchev–Trinajstić information content (AvgIpc) is 3.38. The number of nitrogens with zero attached hydrogens (tertiary/aromatic N) is 6. The second-order valence-electron chi connectivity index (χ2n) is 5.92. The van der Waals surface area contributed by atoms with E-state index in [2.05, 4.69) is 20.2 Å². The van der Waals surface area contributed by atoms with Crippen molar-refractivity contribution < 1.29 is 18.7 Å². The number of halogens is 1. The topological polar surface area (TPSA) is 110 Å². The van der Waals surface area contributed by atoms with Crippen LogP contribution < -0.4 is 0 Å². The quantitative estimate of drug-likeness (QED) is 0.718. The number of aliphatic hydroxyl groups is 1. The summed E-state index contributed by atoms with van der Waals surface area (Å²) in [6.45, 7) is -0.195. The Morgan fingerprint density at radius 1 is 1.31 bits per heavy atom. The number of alkyl halides is 1. The summed E-state index contributed by atoms with van der Waals surface area (Å²) >= 11 is 0. The van der Waals surface area contributed by atoms with Crippen LogP contribution in [0.4, 0.5) is 4.39 Å². The Labute approximate surface area is 147 Å². The van der Waals surface area contributed by atoms with Crippen molar-refractivity contribution in [3.05, 3.63) is 54.3 Å². The normalized spacial score (nSPS) is 19.8. The molecule has 3 aromatic heterocycles. The molecular formula is C16H15FN6O3. The molecule has 4 rings (SSSR count). The largest absolute Gasteiger partial charge is 0.448 e. The average molecular weight is 358 g/mol. The number of hydrogen-bond donors (Lipinski definition) is 1. The molecule has 26 heavy (non-hydrogen) atoms. The summed E-state index contributed by atoms with van der Waals surface area (Å²) in [6, 6.07) is 3.60. The zero-order valence-electron chi connectivity index (χ0n) is 13.6. The Hall–Kier alpha value is -3.14. The summed E-state index contributed by atoms with van der Waals surface area (Å²) < 4.78 is 18.7. The van der Waals surface area contributed by atoms with Crippen molar-refractivity contribution in [2.24, 2.45) is 0 Å². The minimum atomic E-state index is -1.43. The first kappa shape index (κ1) is 16.3. The number of rotatable bonds is 4. The lowest BCUT2D eigenvalue weighted by molar-refractivity contribution is 0.0758. The lowest BCUT2D eigenvalue weighted by atomic mass is 10.2. The number of carbonyl (C=O) groups excluding carboxylic acids is 1. The molecule has 1 aliphatic rings. The van der Waals surface area contributed by atoms with Crippen LogP contribution in [-0.2, 0) is 6.42 Å². The molecule has 1 aliphatic heterocycles. The summed E-state index contributed by atoms with van der Waals surface area (Å²) in [5.41, 5.74) is 1.50. The van der Waals surface area contributed by atoms with E-state index in [1.54, 1.807) is 24.7 Å². The number of likely N-dealkylation sites (tertiary alicyclic amines) is 1. The van der Waals surface area contributed by atoms with Crippen LogP contribution in [0.2, 0.25) is 0 Å². The highest BCUT2D eigenvalue weighted by molar-refractivity contribution is 5.92. The molecule has 134 valence electrons. The Kier molecular flexibility index (Phi) is 4.17. The van der Waals surface area contributed by atoms with Gasteiger partial charge in [0, 0.05) is 5.69 Å². The lowest BCUT2D eigenvalue weighted by Crippen LogP contribution is -2.29. The highest BCUT2D eigenvalue weighted by Gasteiger charge is 2.35. The number of aliphatic hydroxyl groups excluding tert-OH is 1. The molecule has 0 radical (unpaired) electrons. The SMILES string of the molecule is O=C(c1coc(Cc2ccc(-n3nccn3)cn2)n1)N1C[C@H](O)[C@@H](F)C1. The van der Waals surface area contributed by atoms with Crippen molar-refractivity contribution >= 4 is 5.91 Å². The van der Waals surface area contributed by atoms with E-state index in [9.17, 15) is 14.3 Å². The fourth-order valence-corrected chi connectivity index (χ4v) is 2.71. The third kappa shape index (κ3) is 3.18. The monoisotopic (exact) mass is 358 g/mol. The van der Waals surface area contributed by atoms with Crippen LogP contribution in [0.3, 0.4) is 0 Å².